The van der Waals surface area contributed by atoms with Crippen molar-refractivity contribution in [2.24, 2.45) is 0 Å². The van der Waals surface area contributed by atoms with Gasteiger partial charge in [0.2, 0.25) is 0 Å². The fourth-order valence-corrected chi connectivity index (χ4v) is 1.74. The number of aliphatic carboxylic acids is 2. The van der Waals surface area contributed by atoms with E-state index in [9.17, 15) is 18.0 Å². The van der Waals surface area contributed by atoms with Crippen LogP contribution in [0.3, 0.4) is 0 Å². The molecule has 0 aromatic carbocycles. The Labute approximate surface area is 118 Å². The quantitative estimate of drug-likeness (QED) is 0.517. The van der Waals surface area contributed by atoms with E-state index in [0.717, 1.165) is 0 Å². The van der Waals surface area contributed by atoms with Gasteiger partial charge in [-0.15, -0.1) is 0 Å². The zero-order valence-corrected chi connectivity index (χ0v) is 12.0. The van der Waals surface area contributed by atoms with E-state index in [1.165, 1.54) is 0 Å². The van der Waals surface area contributed by atoms with Crippen molar-refractivity contribution in [1.29, 1.82) is 0 Å². The SMILES string of the molecule is CCO[SH](=O)=O.O=C(O)CC(C(=O)O)N1CCOCC1. The molecule has 0 aromatic heterocycles. The largest absolute Gasteiger partial charge is 0.481 e. The van der Waals surface area contributed by atoms with Gasteiger partial charge in [0.15, 0.2) is 0 Å². The van der Waals surface area contributed by atoms with Crippen molar-refractivity contribution in [2.45, 2.75) is 19.4 Å². The van der Waals surface area contributed by atoms with Gasteiger partial charge in [0.05, 0.1) is 26.2 Å². The van der Waals surface area contributed by atoms with Crippen LogP contribution in [0.1, 0.15) is 13.3 Å². The minimum Gasteiger partial charge on any atom is -0.481 e. The van der Waals surface area contributed by atoms with Gasteiger partial charge in [-0.05, 0) is 6.92 Å². The molecule has 0 spiro atoms. The second kappa shape index (κ2) is 10.5. The molecule has 0 saturated carbocycles. The van der Waals surface area contributed by atoms with Gasteiger partial charge in [-0.3, -0.25) is 18.7 Å². The lowest BCUT2D eigenvalue weighted by Crippen LogP contribution is -2.48. The van der Waals surface area contributed by atoms with Crippen LogP contribution in [-0.4, -0.2) is 74.4 Å². The van der Waals surface area contributed by atoms with Gasteiger partial charge in [0, 0.05) is 13.1 Å². The van der Waals surface area contributed by atoms with Crippen LogP contribution in [0.5, 0.6) is 0 Å². The van der Waals surface area contributed by atoms with E-state index < -0.39 is 29.0 Å². The van der Waals surface area contributed by atoms with Crippen LogP contribution < -0.4 is 0 Å². The normalized spacial score (nSPS) is 17.1. The average Bonchev–Trinajstić information content (AvgIpc) is 2.37. The predicted octanol–water partition coefficient (Wildman–Crippen LogP) is -1.20. The lowest BCUT2D eigenvalue weighted by atomic mass is 10.1. The topological polar surface area (TPSA) is 130 Å². The Morgan fingerprint density at radius 1 is 1.30 bits per heavy atom. The molecule has 20 heavy (non-hydrogen) atoms. The van der Waals surface area contributed by atoms with E-state index in [2.05, 4.69) is 4.18 Å². The molecule has 1 atom stereocenters. The molecule has 1 rings (SSSR count). The number of hydrogen-bond acceptors (Lipinski definition) is 7. The number of carboxylic acids is 2. The second-order valence-corrected chi connectivity index (χ2v) is 4.45. The van der Waals surface area contributed by atoms with Gasteiger partial charge in [-0.1, -0.05) is 0 Å². The zero-order valence-electron chi connectivity index (χ0n) is 11.1. The van der Waals surface area contributed by atoms with Gasteiger partial charge in [0.1, 0.15) is 6.04 Å². The molecule has 1 aliphatic rings. The first kappa shape index (κ1) is 18.8. The van der Waals surface area contributed by atoms with Crippen LogP contribution >= 0.6 is 0 Å². The lowest BCUT2D eigenvalue weighted by Gasteiger charge is -2.30. The van der Waals surface area contributed by atoms with Crippen LogP contribution in [0.4, 0.5) is 0 Å². The number of ether oxygens (including phenoxy) is 1. The Bertz CT molecular complexity index is 369. The molecule has 0 aliphatic carbocycles. The molecule has 0 bridgehead atoms. The highest BCUT2D eigenvalue weighted by atomic mass is 32.2. The summed E-state index contributed by atoms with van der Waals surface area (Å²) in [7, 11) is -2.60. The first-order chi connectivity index (χ1) is 9.38. The predicted molar refractivity (Wildman–Crippen MR) is 68.0 cm³/mol. The number of hydrogen-bond donors (Lipinski definition) is 3. The van der Waals surface area contributed by atoms with E-state index in [1.807, 2.05) is 0 Å². The molecular weight excluding hydrogens is 294 g/mol. The number of nitrogens with zero attached hydrogens (tertiary/aromatic N) is 1. The highest BCUT2D eigenvalue weighted by molar-refractivity contribution is 7.67. The monoisotopic (exact) mass is 313 g/mol. The molecule has 118 valence electrons. The van der Waals surface area contributed by atoms with Crippen LogP contribution in [0.25, 0.3) is 0 Å². The van der Waals surface area contributed by atoms with Crippen molar-refractivity contribution in [3.63, 3.8) is 0 Å². The van der Waals surface area contributed by atoms with Crippen LogP contribution in [-0.2, 0) is 29.5 Å². The van der Waals surface area contributed by atoms with Gasteiger partial charge in [-0.2, -0.15) is 0 Å². The number of carbonyl (C=O) groups is 2. The number of morpholine rings is 1. The molecule has 0 amide bonds. The third-order valence-electron chi connectivity index (χ3n) is 2.37. The zero-order chi connectivity index (χ0) is 15.5. The minimum absolute atomic E-state index is 0.235. The Balaban J connectivity index is 0.000000511. The Morgan fingerprint density at radius 3 is 2.15 bits per heavy atom. The smallest absolute Gasteiger partial charge is 0.321 e. The molecular formula is C10H19NO8S. The van der Waals surface area contributed by atoms with Crippen molar-refractivity contribution in [1.82, 2.24) is 4.90 Å². The third kappa shape index (κ3) is 8.80. The molecule has 1 heterocycles. The van der Waals surface area contributed by atoms with E-state index in [-0.39, 0.29) is 13.0 Å². The number of thiol groups is 1. The summed E-state index contributed by atoms with van der Waals surface area (Å²) in [4.78, 5) is 22.8. The summed E-state index contributed by atoms with van der Waals surface area (Å²) in [6, 6.07) is -0.934. The van der Waals surface area contributed by atoms with Crippen LogP contribution in [0.15, 0.2) is 0 Å². The van der Waals surface area contributed by atoms with E-state index in [4.69, 9.17) is 14.9 Å². The Kier molecular flexibility index (Phi) is 9.90. The van der Waals surface area contributed by atoms with Crippen LogP contribution in [0.2, 0.25) is 0 Å². The third-order valence-corrected chi connectivity index (χ3v) is 2.84. The summed E-state index contributed by atoms with van der Waals surface area (Å²) in [5, 5.41) is 17.4. The maximum absolute atomic E-state index is 10.8. The minimum atomic E-state index is -2.60. The van der Waals surface area contributed by atoms with Gasteiger partial charge < -0.3 is 14.9 Å². The average molecular weight is 313 g/mol. The molecule has 1 aliphatic heterocycles. The summed E-state index contributed by atoms with van der Waals surface area (Å²) < 4.78 is 27.9. The van der Waals surface area contributed by atoms with E-state index >= 15 is 0 Å². The molecule has 2 N–H and O–H groups in total. The maximum Gasteiger partial charge on any atom is 0.321 e. The fourth-order valence-electron chi connectivity index (χ4n) is 1.53. The highest BCUT2D eigenvalue weighted by Crippen LogP contribution is 2.08. The second-order valence-electron chi connectivity index (χ2n) is 3.74. The maximum atomic E-state index is 10.8. The lowest BCUT2D eigenvalue weighted by molar-refractivity contribution is -0.151. The van der Waals surface area contributed by atoms with Crippen LogP contribution in [0, 0.1) is 0 Å². The molecule has 1 fully saturated rings. The highest BCUT2D eigenvalue weighted by Gasteiger charge is 2.29. The molecule has 0 radical (unpaired) electrons. The van der Waals surface area contributed by atoms with Gasteiger partial charge in [0.25, 0.3) is 11.0 Å². The van der Waals surface area contributed by atoms with Gasteiger partial charge >= 0.3 is 11.9 Å². The van der Waals surface area contributed by atoms with Crippen molar-refractivity contribution >= 4 is 22.9 Å². The first-order valence-electron chi connectivity index (χ1n) is 5.92. The Morgan fingerprint density at radius 2 is 1.85 bits per heavy atom. The molecule has 9 nitrogen and oxygen atoms in total. The van der Waals surface area contributed by atoms with Crippen molar-refractivity contribution in [3.05, 3.63) is 0 Å². The molecule has 10 heteroatoms. The van der Waals surface area contributed by atoms with E-state index in [0.29, 0.717) is 26.3 Å². The summed E-state index contributed by atoms with van der Waals surface area (Å²) in [6.45, 7) is 3.73. The Hall–Kier alpha value is -1.23. The van der Waals surface area contributed by atoms with Crippen molar-refractivity contribution in [3.8, 4) is 0 Å². The van der Waals surface area contributed by atoms with Crippen molar-refractivity contribution < 1.29 is 37.1 Å². The fraction of sp³-hybridized carbons (Fsp3) is 0.800. The van der Waals surface area contributed by atoms with Crippen molar-refractivity contribution in [2.75, 3.05) is 32.9 Å². The van der Waals surface area contributed by atoms with Gasteiger partial charge in [-0.25, -0.2) is 8.42 Å². The standard InChI is InChI=1S/C8H13NO5.C2H6O3S/c10-7(11)5-6(8(12)13)9-1-3-14-4-2-9;1-2-5-6(3)4/h6H,1-5H2,(H,10,11)(H,12,13);6H,2H2,1H3. The summed E-state index contributed by atoms with van der Waals surface area (Å²) in [5.41, 5.74) is 0. The number of rotatable bonds is 6. The van der Waals surface area contributed by atoms with E-state index in [1.54, 1.807) is 11.8 Å². The first-order valence-corrected chi connectivity index (χ1v) is 7.01. The summed E-state index contributed by atoms with van der Waals surface area (Å²) in [6.07, 6.45) is -0.366. The summed E-state index contributed by atoms with van der Waals surface area (Å²) >= 11 is 0. The number of carboxylic acid groups (broad SMARTS) is 2. The summed E-state index contributed by atoms with van der Waals surface area (Å²) in [5.74, 6) is -2.18. The molecule has 1 unspecified atom stereocenters. The molecule has 0 aromatic rings. The molecule has 1 saturated heterocycles.